The Morgan fingerprint density at radius 1 is 1.33 bits per heavy atom. The molecule has 0 heterocycles. The minimum atomic E-state index is -2.30. The van der Waals surface area contributed by atoms with Crippen LogP contribution in [0.1, 0.15) is 6.42 Å². The van der Waals surface area contributed by atoms with Crippen molar-refractivity contribution >= 4 is 33.9 Å². The predicted molar refractivity (Wildman–Crippen MR) is 49.7 cm³/mol. The molecule has 0 aromatic rings. The van der Waals surface area contributed by atoms with Crippen LogP contribution in [0.3, 0.4) is 0 Å². The Balaban J connectivity index is 0. The fourth-order valence-electron chi connectivity index (χ4n) is 0.345. The first kappa shape index (κ1) is 14.4. The standard InChI is InChI=1S/C5H7F3N2S.BrH/c6-3(4(7)8)1-2-11-5(9)10;/h1-2H2,(H3,9,10);1H. The van der Waals surface area contributed by atoms with Crippen LogP contribution in [0.2, 0.25) is 0 Å². The Morgan fingerprint density at radius 3 is 2.17 bits per heavy atom. The zero-order chi connectivity index (χ0) is 8.85. The SMILES string of the molecule is Br.N=C(N)SCCC(F)=C(F)F. The van der Waals surface area contributed by atoms with Crippen LogP contribution in [-0.4, -0.2) is 10.9 Å². The zero-order valence-corrected chi connectivity index (χ0v) is 8.47. The maximum atomic E-state index is 12.0. The molecule has 0 atom stereocenters. The van der Waals surface area contributed by atoms with Crippen LogP contribution in [0.25, 0.3) is 0 Å². The van der Waals surface area contributed by atoms with Crippen molar-refractivity contribution in [1.29, 1.82) is 5.41 Å². The number of hydrogen-bond donors (Lipinski definition) is 2. The highest BCUT2D eigenvalue weighted by atomic mass is 79.9. The van der Waals surface area contributed by atoms with Gasteiger partial charge in [-0.15, -0.1) is 17.0 Å². The summed E-state index contributed by atoms with van der Waals surface area (Å²) in [5.41, 5.74) is 4.88. The molecule has 0 saturated heterocycles. The van der Waals surface area contributed by atoms with Crippen molar-refractivity contribution in [1.82, 2.24) is 0 Å². The lowest BCUT2D eigenvalue weighted by molar-refractivity contribution is 0.373. The normalized spacial score (nSPS) is 8.58. The van der Waals surface area contributed by atoms with Crippen LogP contribution in [0.4, 0.5) is 13.2 Å². The van der Waals surface area contributed by atoms with Gasteiger partial charge in [0.1, 0.15) is 0 Å². The lowest BCUT2D eigenvalue weighted by Gasteiger charge is -1.95. The van der Waals surface area contributed by atoms with Crippen LogP contribution in [-0.2, 0) is 0 Å². The van der Waals surface area contributed by atoms with E-state index in [0.717, 1.165) is 11.8 Å². The van der Waals surface area contributed by atoms with Gasteiger partial charge in [-0.05, 0) is 0 Å². The largest absolute Gasteiger partial charge is 0.379 e. The van der Waals surface area contributed by atoms with E-state index in [-0.39, 0.29) is 34.3 Å². The molecule has 0 amide bonds. The summed E-state index contributed by atoms with van der Waals surface area (Å²) in [6.07, 6.45) is -2.68. The van der Waals surface area contributed by atoms with Gasteiger partial charge in [-0.3, -0.25) is 5.41 Å². The second kappa shape index (κ2) is 7.48. The van der Waals surface area contributed by atoms with Crippen molar-refractivity contribution in [3.63, 3.8) is 0 Å². The number of nitrogens with one attached hydrogen (secondary N) is 1. The van der Waals surface area contributed by atoms with E-state index in [4.69, 9.17) is 11.1 Å². The van der Waals surface area contributed by atoms with Gasteiger partial charge < -0.3 is 5.73 Å². The highest BCUT2D eigenvalue weighted by molar-refractivity contribution is 8.93. The van der Waals surface area contributed by atoms with E-state index in [9.17, 15) is 13.2 Å². The van der Waals surface area contributed by atoms with Gasteiger partial charge in [0.25, 0.3) is 0 Å². The summed E-state index contributed by atoms with van der Waals surface area (Å²) in [7, 11) is 0. The van der Waals surface area contributed by atoms with Crippen LogP contribution < -0.4 is 5.73 Å². The fourth-order valence-corrected chi connectivity index (χ4v) is 0.846. The lowest BCUT2D eigenvalue weighted by Crippen LogP contribution is -2.04. The average molecular weight is 265 g/mol. The van der Waals surface area contributed by atoms with E-state index in [0.29, 0.717) is 0 Å². The first-order valence-electron chi connectivity index (χ1n) is 2.70. The Labute approximate surface area is 82.7 Å². The van der Waals surface area contributed by atoms with Gasteiger partial charge >= 0.3 is 6.08 Å². The molecular weight excluding hydrogens is 257 g/mol. The molecule has 12 heavy (non-hydrogen) atoms. The van der Waals surface area contributed by atoms with Crippen molar-refractivity contribution in [2.75, 3.05) is 5.75 Å². The predicted octanol–water partition coefficient (Wildman–Crippen LogP) is 2.66. The second-order valence-corrected chi connectivity index (χ2v) is 2.76. The number of halogens is 4. The van der Waals surface area contributed by atoms with Crippen molar-refractivity contribution in [3.05, 3.63) is 11.9 Å². The minimum Gasteiger partial charge on any atom is -0.379 e. The highest BCUT2D eigenvalue weighted by Crippen LogP contribution is 2.15. The molecule has 72 valence electrons. The molecular formula is C5H8BrF3N2S. The van der Waals surface area contributed by atoms with Crippen molar-refractivity contribution in [2.45, 2.75) is 6.42 Å². The molecule has 0 unspecified atom stereocenters. The van der Waals surface area contributed by atoms with E-state index >= 15 is 0 Å². The number of rotatable bonds is 3. The summed E-state index contributed by atoms with van der Waals surface area (Å²) in [5.74, 6) is -1.36. The Morgan fingerprint density at radius 2 is 1.83 bits per heavy atom. The molecule has 0 aromatic heterocycles. The number of thioether (sulfide) groups is 1. The van der Waals surface area contributed by atoms with Gasteiger partial charge in [0.15, 0.2) is 11.0 Å². The first-order valence-corrected chi connectivity index (χ1v) is 3.69. The third-order valence-electron chi connectivity index (χ3n) is 0.784. The maximum Gasteiger partial charge on any atom is 0.301 e. The molecule has 0 aromatic carbocycles. The van der Waals surface area contributed by atoms with Crippen LogP contribution in [0.5, 0.6) is 0 Å². The van der Waals surface area contributed by atoms with Crippen molar-refractivity contribution < 1.29 is 13.2 Å². The second-order valence-electron chi connectivity index (χ2n) is 1.63. The van der Waals surface area contributed by atoms with Gasteiger partial charge in [0.2, 0.25) is 0 Å². The van der Waals surface area contributed by atoms with Gasteiger partial charge in [0.05, 0.1) is 0 Å². The summed E-state index contributed by atoms with van der Waals surface area (Å²) >= 11 is 0.831. The quantitative estimate of drug-likeness (QED) is 0.608. The zero-order valence-electron chi connectivity index (χ0n) is 5.94. The van der Waals surface area contributed by atoms with Gasteiger partial charge in [-0.1, -0.05) is 11.8 Å². The number of amidine groups is 1. The molecule has 3 N–H and O–H groups in total. The molecule has 0 fully saturated rings. The van der Waals surface area contributed by atoms with Gasteiger partial charge in [-0.25, -0.2) is 4.39 Å². The van der Waals surface area contributed by atoms with E-state index in [1.165, 1.54) is 0 Å². The van der Waals surface area contributed by atoms with Crippen molar-refractivity contribution in [3.8, 4) is 0 Å². The lowest BCUT2D eigenvalue weighted by atomic mass is 10.4. The third-order valence-corrected chi connectivity index (χ3v) is 1.50. The Hall–Kier alpha value is -0.170. The van der Waals surface area contributed by atoms with Crippen LogP contribution >= 0.6 is 28.7 Å². The smallest absolute Gasteiger partial charge is 0.301 e. The average Bonchev–Trinajstić information content (AvgIpc) is 1.86. The molecule has 2 nitrogen and oxygen atoms in total. The first-order chi connectivity index (χ1) is 5.04. The molecule has 0 spiro atoms. The number of allylic oxidation sites excluding steroid dienone is 1. The van der Waals surface area contributed by atoms with Crippen molar-refractivity contribution in [2.24, 2.45) is 5.73 Å². The molecule has 0 radical (unpaired) electrons. The molecule has 0 aliphatic carbocycles. The molecule has 0 bridgehead atoms. The molecule has 0 saturated carbocycles. The van der Waals surface area contributed by atoms with E-state index < -0.39 is 11.9 Å². The topological polar surface area (TPSA) is 49.9 Å². The monoisotopic (exact) mass is 264 g/mol. The minimum absolute atomic E-state index is 0. The highest BCUT2D eigenvalue weighted by Gasteiger charge is 2.04. The summed E-state index contributed by atoms with van der Waals surface area (Å²) in [6.45, 7) is 0. The molecule has 0 aliphatic heterocycles. The molecule has 0 aliphatic rings. The number of hydrogen-bond acceptors (Lipinski definition) is 2. The summed E-state index contributed by atoms with van der Waals surface area (Å²) in [4.78, 5) is 0. The summed E-state index contributed by atoms with van der Waals surface area (Å²) in [5, 5.41) is 6.46. The van der Waals surface area contributed by atoms with Gasteiger partial charge in [0, 0.05) is 12.2 Å². The summed E-state index contributed by atoms with van der Waals surface area (Å²) < 4.78 is 34.7. The van der Waals surface area contributed by atoms with Crippen LogP contribution in [0, 0.1) is 5.41 Å². The molecule has 7 heteroatoms. The molecule has 0 rings (SSSR count). The third kappa shape index (κ3) is 7.93. The van der Waals surface area contributed by atoms with E-state index in [1.54, 1.807) is 0 Å². The van der Waals surface area contributed by atoms with Gasteiger partial charge in [-0.2, -0.15) is 8.78 Å². The summed E-state index contributed by atoms with van der Waals surface area (Å²) in [6, 6.07) is 0. The fraction of sp³-hybridized carbons (Fsp3) is 0.400. The maximum absolute atomic E-state index is 12.0. The van der Waals surface area contributed by atoms with E-state index in [2.05, 4.69) is 0 Å². The van der Waals surface area contributed by atoms with E-state index in [1.807, 2.05) is 0 Å². The number of nitrogens with two attached hydrogens (primary N) is 1. The Kier molecular flexibility index (Phi) is 8.95. The van der Waals surface area contributed by atoms with Crippen LogP contribution in [0.15, 0.2) is 11.9 Å². The Bertz CT molecular complexity index is 182.